The number of amides is 2. The zero-order valence-electron chi connectivity index (χ0n) is 15.9. The predicted octanol–water partition coefficient (Wildman–Crippen LogP) is 2.82. The number of benzene rings is 1. The minimum atomic E-state index is -0.124. The van der Waals surface area contributed by atoms with Crippen molar-refractivity contribution in [2.24, 2.45) is 11.8 Å². The maximum Gasteiger partial charge on any atom is 0.233 e. The Morgan fingerprint density at radius 2 is 2.00 bits per heavy atom. The standard InChI is InChI=1S/C19H25N5O2S/c1-13-7-14(2)10-23(9-13)18(26)11-27-19-22-20-12-24(19)17-6-4-5-16(8-17)21-15(3)25/h4-6,8,12-14H,7,9-11H2,1-3H3,(H,21,25). The summed E-state index contributed by atoms with van der Waals surface area (Å²) in [4.78, 5) is 25.8. The summed E-state index contributed by atoms with van der Waals surface area (Å²) in [7, 11) is 0. The number of hydrogen-bond acceptors (Lipinski definition) is 5. The number of nitrogens with one attached hydrogen (secondary N) is 1. The molecule has 1 aliphatic rings. The van der Waals surface area contributed by atoms with Gasteiger partial charge in [0.15, 0.2) is 5.16 Å². The monoisotopic (exact) mass is 387 g/mol. The van der Waals surface area contributed by atoms with E-state index in [0.717, 1.165) is 18.8 Å². The van der Waals surface area contributed by atoms with Crippen molar-refractivity contribution in [3.05, 3.63) is 30.6 Å². The summed E-state index contributed by atoms with van der Waals surface area (Å²) >= 11 is 1.38. The number of thioether (sulfide) groups is 1. The Labute approximate surface area is 163 Å². The SMILES string of the molecule is CC(=O)Nc1cccc(-n2cnnc2SCC(=O)N2CC(C)CC(C)C2)c1. The molecule has 1 aliphatic heterocycles. The van der Waals surface area contributed by atoms with E-state index >= 15 is 0 Å². The summed E-state index contributed by atoms with van der Waals surface area (Å²) in [6, 6.07) is 7.44. The molecule has 3 rings (SSSR count). The number of rotatable bonds is 5. The molecule has 1 aromatic heterocycles. The largest absolute Gasteiger partial charge is 0.341 e. The predicted molar refractivity (Wildman–Crippen MR) is 106 cm³/mol. The van der Waals surface area contributed by atoms with E-state index in [4.69, 9.17) is 0 Å². The highest BCUT2D eigenvalue weighted by molar-refractivity contribution is 7.99. The molecule has 0 bridgehead atoms. The van der Waals surface area contributed by atoms with E-state index in [0.29, 0.717) is 28.4 Å². The van der Waals surface area contributed by atoms with Crippen LogP contribution in [0.3, 0.4) is 0 Å². The molecule has 7 nitrogen and oxygen atoms in total. The van der Waals surface area contributed by atoms with Gasteiger partial charge in [-0.3, -0.25) is 14.2 Å². The van der Waals surface area contributed by atoms with Crippen LogP contribution in [0.25, 0.3) is 5.69 Å². The van der Waals surface area contributed by atoms with Crippen molar-refractivity contribution < 1.29 is 9.59 Å². The lowest BCUT2D eigenvalue weighted by Crippen LogP contribution is -2.43. The highest BCUT2D eigenvalue weighted by atomic mass is 32.2. The van der Waals surface area contributed by atoms with E-state index in [9.17, 15) is 9.59 Å². The van der Waals surface area contributed by atoms with Gasteiger partial charge in [0.1, 0.15) is 6.33 Å². The fourth-order valence-electron chi connectivity index (χ4n) is 3.52. The van der Waals surface area contributed by atoms with Crippen LogP contribution in [-0.4, -0.2) is 50.3 Å². The lowest BCUT2D eigenvalue weighted by molar-refractivity contribution is -0.131. The molecule has 8 heteroatoms. The van der Waals surface area contributed by atoms with Crippen LogP contribution in [-0.2, 0) is 9.59 Å². The highest BCUT2D eigenvalue weighted by Gasteiger charge is 2.25. The number of nitrogens with zero attached hydrogens (tertiary/aromatic N) is 4. The van der Waals surface area contributed by atoms with Crippen LogP contribution in [0.15, 0.2) is 35.7 Å². The van der Waals surface area contributed by atoms with Gasteiger partial charge in [0, 0.05) is 25.7 Å². The first-order chi connectivity index (χ1) is 12.9. The number of piperidine rings is 1. The number of carbonyl (C=O) groups excluding carboxylic acids is 2. The first-order valence-electron chi connectivity index (χ1n) is 9.11. The van der Waals surface area contributed by atoms with Crippen molar-refractivity contribution in [1.29, 1.82) is 0 Å². The first-order valence-corrected chi connectivity index (χ1v) is 10.1. The van der Waals surface area contributed by atoms with Crippen molar-refractivity contribution >= 4 is 29.3 Å². The minimum absolute atomic E-state index is 0.124. The van der Waals surface area contributed by atoms with Gasteiger partial charge in [-0.2, -0.15) is 0 Å². The maximum atomic E-state index is 12.6. The number of hydrogen-bond donors (Lipinski definition) is 1. The van der Waals surface area contributed by atoms with Crippen LogP contribution in [0.2, 0.25) is 0 Å². The molecule has 1 N–H and O–H groups in total. The smallest absolute Gasteiger partial charge is 0.233 e. The van der Waals surface area contributed by atoms with Gasteiger partial charge in [0.2, 0.25) is 11.8 Å². The molecule has 1 aromatic carbocycles. The van der Waals surface area contributed by atoms with Crippen LogP contribution in [0.5, 0.6) is 0 Å². The molecule has 144 valence electrons. The Morgan fingerprint density at radius 3 is 2.70 bits per heavy atom. The van der Waals surface area contributed by atoms with Crippen molar-refractivity contribution in [2.75, 3.05) is 24.2 Å². The average Bonchev–Trinajstić information content (AvgIpc) is 3.07. The second kappa shape index (κ2) is 8.56. The summed E-state index contributed by atoms with van der Waals surface area (Å²) < 4.78 is 1.82. The molecule has 0 aliphatic carbocycles. The van der Waals surface area contributed by atoms with Gasteiger partial charge in [0.25, 0.3) is 0 Å². The Hall–Kier alpha value is -2.35. The zero-order valence-corrected chi connectivity index (χ0v) is 16.7. The lowest BCUT2D eigenvalue weighted by Gasteiger charge is -2.34. The second-order valence-electron chi connectivity index (χ2n) is 7.25. The van der Waals surface area contributed by atoms with E-state index in [1.165, 1.54) is 25.1 Å². The molecule has 2 heterocycles. The molecule has 27 heavy (non-hydrogen) atoms. The van der Waals surface area contributed by atoms with E-state index in [-0.39, 0.29) is 11.8 Å². The van der Waals surface area contributed by atoms with Gasteiger partial charge in [0.05, 0.1) is 11.4 Å². The summed E-state index contributed by atoms with van der Waals surface area (Å²) in [6.07, 6.45) is 2.79. The van der Waals surface area contributed by atoms with Crippen LogP contribution >= 0.6 is 11.8 Å². The second-order valence-corrected chi connectivity index (χ2v) is 8.19. The van der Waals surface area contributed by atoms with Gasteiger partial charge < -0.3 is 10.2 Å². The lowest BCUT2D eigenvalue weighted by atomic mass is 9.92. The molecule has 0 saturated carbocycles. The number of anilines is 1. The molecular weight excluding hydrogens is 362 g/mol. The van der Waals surface area contributed by atoms with Crippen LogP contribution < -0.4 is 5.32 Å². The number of aromatic nitrogens is 3. The summed E-state index contributed by atoms with van der Waals surface area (Å²) in [5.41, 5.74) is 1.54. The van der Waals surface area contributed by atoms with E-state index in [1.54, 1.807) is 6.33 Å². The zero-order chi connectivity index (χ0) is 19.4. The van der Waals surface area contributed by atoms with Crippen molar-refractivity contribution in [2.45, 2.75) is 32.3 Å². The van der Waals surface area contributed by atoms with Gasteiger partial charge in [-0.15, -0.1) is 10.2 Å². The van der Waals surface area contributed by atoms with Crippen molar-refractivity contribution in [3.8, 4) is 5.69 Å². The topological polar surface area (TPSA) is 80.1 Å². The third kappa shape index (κ3) is 5.09. The van der Waals surface area contributed by atoms with Crippen LogP contribution in [0.1, 0.15) is 27.2 Å². The minimum Gasteiger partial charge on any atom is -0.341 e. The third-order valence-corrected chi connectivity index (χ3v) is 5.44. The molecule has 2 amide bonds. The van der Waals surface area contributed by atoms with E-state index < -0.39 is 0 Å². The fraction of sp³-hybridized carbons (Fsp3) is 0.474. The van der Waals surface area contributed by atoms with Gasteiger partial charge in [-0.25, -0.2) is 0 Å². The van der Waals surface area contributed by atoms with Crippen LogP contribution in [0.4, 0.5) is 5.69 Å². The van der Waals surface area contributed by atoms with E-state index in [1.807, 2.05) is 33.7 Å². The Kier molecular flexibility index (Phi) is 6.15. The summed E-state index contributed by atoms with van der Waals surface area (Å²) in [5, 5.41) is 11.6. The molecule has 2 atom stereocenters. The Balaban J connectivity index is 1.67. The molecule has 1 saturated heterocycles. The quantitative estimate of drug-likeness (QED) is 0.798. The molecule has 0 spiro atoms. The maximum absolute atomic E-state index is 12.6. The Bertz CT molecular complexity index is 812. The fourth-order valence-corrected chi connectivity index (χ4v) is 4.35. The van der Waals surface area contributed by atoms with Gasteiger partial charge in [-0.05, 0) is 36.5 Å². The van der Waals surface area contributed by atoms with Crippen molar-refractivity contribution in [1.82, 2.24) is 19.7 Å². The Morgan fingerprint density at radius 1 is 1.26 bits per heavy atom. The summed E-state index contributed by atoms with van der Waals surface area (Å²) in [6.45, 7) is 7.52. The normalized spacial score (nSPS) is 19.7. The van der Waals surface area contributed by atoms with Crippen LogP contribution in [0, 0.1) is 11.8 Å². The first kappa shape index (κ1) is 19.4. The number of likely N-dealkylation sites (tertiary alicyclic amines) is 1. The third-order valence-electron chi connectivity index (χ3n) is 4.51. The van der Waals surface area contributed by atoms with Gasteiger partial charge in [-0.1, -0.05) is 31.7 Å². The molecule has 2 unspecified atom stereocenters. The molecule has 1 fully saturated rings. The average molecular weight is 388 g/mol. The molecule has 0 radical (unpaired) electrons. The number of carbonyl (C=O) groups is 2. The molecule has 2 aromatic rings. The van der Waals surface area contributed by atoms with Gasteiger partial charge >= 0.3 is 0 Å². The van der Waals surface area contributed by atoms with Crippen molar-refractivity contribution in [3.63, 3.8) is 0 Å². The highest BCUT2D eigenvalue weighted by Crippen LogP contribution is 2.24. The van der Waals surface area contributed by atoms with E-state index in [2.05, 4.69) is 29.4 Å². The molecular formula is C19H25N5O2S. The summed E-state index contributed by atoms with van der Waals surface area (Å²) in [5.74, 6) is 1.44.